The number of carbonyl (C=O) groups is 1. The van der Waals surface area contributed by atoms with Crippen LogP contribution in [0.25, 0.3) is 0 Å². The first-order chi connectivity index (χ1) is 5.79. The Morgan fingerprint density at radius 2 is 1.92 bits per heavy atom. The van der Waals surface area contributed by atoms with Gasteiger partial charge in [0.15, 0.2) is 6.23 Å². The van der Waals surface area contributed by atoms with Crippen molar-refractivity contribution in [3.63, 3.8) is 0 Å². The van der Waals surface area contributed by atoms with Gasteiger partial charge in [0, 0.05) is 19.4 Å². The third-order valence-electron chi connectivity index (χ3n) is 1.49. The molecule has 0 saturated heterocycles. The average molecular weight is 188 g/mol. The largest absolute Gasteiger partial charge is 0.440 e. The lowest BCUT2D eigenvalue weighted by Gasteiger charge is -2.33. The van der Waals surface area contributed by atoms with Gasteiger partial charge in [-0.3, -0.25) is 4.79 Å². The van der Waals surface area contributed by atoms with Crippen LogP contribution in [0.2, 0.25) is 0 Å². The Morgan fingerprint density at radius 1 is 1.46 bits per heavy atom. The van der Waals surface area contributed by atoms with Crippen molar-refractivity contribution >= 4 is 5.97 Å². The molecular weight excluding hydrogens is 172 g/mol. The maximum atomic E-state index is 10.7. The zero-order chi connectivity index (χ0) is 10.6. The van der Waals surface area contributed by atoms with Crippen molar-refractivity contribution < 1.29 is 9.53 Å². The molecule has 5 nitrogen and oxygen atoms in total. The summed E-state index contributed by atoms with van der Waals surface area (Å²) in [6, 6.07) is 0. The Kier molecular flexibility index (Phi) is 3.84. The third-order valence-corrected chi connectivity index (χ3v) is 1.49. The van der Waals surface area contributed by atoms with Crippen molar-refractivity contribution in [2.24, 2.45) is 10.7 Å². The third kappa shape index (κ3) is 3.87. The Bertz CT molecular complexity index is 198. The van der Waals surface area contributed by atoms with Crippen molar-refractivity contribution in [2.45, 2.75) is 33.9 Å². The van der Waals surface area contributed by atoms with E-state index in [4.69, 9.17) is 4.74 Å². The lowest BCUT2D eigenvalue weighted by Crippen LogP contribution is -2.41. The molecular formula is C8H16N2O3. The van der Waals surface area contributed by atoms with Gasteiger partial charge < -0.3 is 4.74 Å². The molecule has 0 radical (unpaired) electrons. The molecule has 13 heavy (non-hydrogen) atoms. The number of rotatable bonds is 3. The number of carbonyl (C=O) groups excluding carboxylic acids is 1. The summed E-state index contributed by atoms with van der Waals surface area (Å²) in [5, 5.41) is 3.81. The van der Waals surface area contributed by atoms with Gasteiger partial charge in [-0.2, -0.15) is 0 Å². The lowest BCUT2D eigenvalue weighted by atomic mass is 9.94. The van der Waals surface area contributed by atoms with E-state index in [0.29, 0.717) is 0 Å². The highest BCUT2D eigenvalue weighted by molar-refractivity contribution is 5.66. The van der Waals surface area contributed by atoms with E-state index < -0.39 is 12.2 Å². The Balaban J connectivity index is 4.55. The number of esters is 1. The minimum Gasteiger partial charge on any atom is -0.440 e. The molecule has 76 valence electrons. The number of ether oxygens (including phenoxy) is 1. The summed E-state index contributed by atoms with van der Waals surface area (Å²) in [4.78, 5) is 21.0. The van der Waals surface area contributed by atoms with Gasteiger partial charge >= 0.3 is 5.97 Å². The fraction of sp³-hybridized carbons (Fsp3) is 0.875. The van der Waals surface area contributed by atoms with Crippen molar-refractivity contribution in [2.75, 3.05) is 7.05 Å². The Morgan fingerprint density at radius 3 is 2.15 bits per heavy atom. The molecule has 0 amide bonds. The maximum absolute atomic E-state index is 10.7. The normalized spacial score (nSPS) is 13.3. The van der Waals surface area contributed by atoms with Crippen LogP contribution in [-0.2, 0) is 9.53 Å². The fourth-order valence-corrected chi connectivity index (χ4v) is 1.01. The molecule has 0 aliphatic rings. The topological polar surface area (TPSA) is 59.0 Å². The van der Waals surface area contributed by atoms with Gasteiger partial charge in [0.25, 0.3) is 0 Å². The summed E-state index contributed by atoms with van der Waals surface area (Å²) >= 11 is 0. The molecule has 0 spiro atoms. The first kappa shape index (κ1) is 11.9. The fourth-order valence-electron chi connectivity index (χ4n) is 1.01. The van der Waals surface area contributed by atoms with Crippen molar-refractivity contribution in [1.29, 1.82) is 0 Å². The quantitative estimate of drug-likeness (QED) is 0.292. The second-order valence-corrected chi connectivity index (χ2v) is 3.98. The molecule has 0 aromatic rings. The van der Waals surface area contributed by atoms with Crippen LogP contribution < -0.4 is 0 Å². The summed E-state index contributed by atoms with van der Waals surface area (Å²) in [6.07, 6.45) is -0.623. The highest BCUT2D eigenvalue weighted by atomic mass is 16.6. The molecule has 0 N–H and O–H groups in total. The molecule has 5 heteroatoms. The molecule has 0 aliphatic heterocycles. The van der Waals surface area contributed by atoms with Crippen LogP contribution in [-0.4, -0.2) is 24.3 Å². The van der Waals surface area contributed by atoms with E-state index in [0.717, 1.165) is 5.01 Å². The number of hydrogen-bond acceptors (Lipinski definition) is 4. The Hall–Kier alpha value is -1.13. The van der Waals surface area contributed by atoms with E-state index in [1.165, 1.54) is 14.0 Å². The standard InChI is InChI=1S/C8H16N2O3/c1-6(11)13-7(8(2,3)4)10(5)9-12/h7H,1-5H3. The molecule has 0 saturated carbocycles. The van der Waals surface area contributed by atoms with Crippen LogP contribution >= 0.6 is 0 Å². The van der Waals surface area contributed by atoms with Gasteiger partial charge in [-0.25, -0.2) is 5.01 Å². The van der Waals surface area contributed by atoms with Crippen molar-refractivity contribution in [1.82, 2.24) is 5.01 Å². The van der Waals surface area contributed by atoms with Crippen LogP contribution in [0.1, 0.15) is 27.7 Å². The van der Waals surface area contributed by atoms with Crippen molar-refractivity contribution in [3.8, 4) is 0 Å². The van der Waals surface area contributed by atoms with Crippen LogP contribution in [0.15, 0.2) is 5.29 Å². The second kappa shape index (κ2) is 4.20. The number of nitroso groups, excluding NO2 is 1. The van der Waals surface area contributed by atoms with E-state index in [1.807, 2.05) is 20.8 Å². The van der Waals surface area contributed by atoms with Gasteiger partial charge in [0.05, 0.1) is 5.29 Å². The van der Waals surface area contributed by atoms with Gasteiger partial charge in [-0.05, 0) is 0 Å². The van der Waals surface area contributed by atoms with Gasteiger partial charge in [-0.1, -0.05) is 20.8 Å². The zero-order valence-corrected chi connectivity index (χ0v) is 8.70. The SMILES string of the molecule is CC(=O)OC(N(C)N=O)C(C)(C)C. The van der Waals surface area contributed by atoms with Crippen LogP contribution in [0.3, 0.4) is 0 Å². The maximum Gasteiger partial charge on any atom is 0.304 e. The molecule has 1 atom stereocenters. The van der Waals surface area contributed by atoms with Gasteiger partial charge in [0.2, 0.25) is 0 Å². The summed E-state index contributed by atoms with van der Waals surface area (Å²) < 4.78 is 4.96. The van der Waals surface area contributed by atoms with Crippen molar-refractivity contribution in [3.05, 3.63) is 4.91 Å². The smallest absolute Gasteiger partial charge is 0.304 e. The molecule has 0 bridgehead atoms. The van der Waals surface area contributed by atoms with Gasteiger partial charge in [-0.15, -0.1) is 4.91 Å². The van der Waals surface area contributed by atoms with E-state index in [9.17, 15) is 9.70 Å². The van der Waals surface area contributed by atoms with Crippen LogP contribution in [0, 0.1) is 10.3 Å². The van der Waals surface area contributed by atoms with E-state index in [-0.39, 0.29) is 5.41 Å². The Labute approximate surface area is 78.0 Å². The van der Waals surface area contributed by atoms with E-state index in [1.54, 1.807) is 0 Å². The van der Waals surface area contributed by atoms with Crippen LogP contribution in [0.5, 0.6) is 0 Å². The molecule has 0 rings (SSSR count). The minimum atomic E-state index is -0.623. The minimum absolute atomic E-state index is 0.339. The molecule has 1 unspecified atom stereocenters. The predicted molar refractivity (Wildman–Crippen MR) is 48.6 cm³/mol. The zero-order valence-electron chi connectivity index (χ0n) is 8.70. The monoisotopic (exact) mass is 188 g/mol. The van der Waals surface area contributed by atoms with E-state index >= 15 is 0 Å². The first-order valence-electron chi connectivity index (χ1n) is 4.02. The summed E-state index contributed by atoms with van der Waals surface area (Å²) in [5.74, 6) is -0.421. The highest BCUT2D eigenvalue weighted by Crippen LogP contribution is 2.24. The summed E-state index contributed by atoms with van der Waals surface area (Å²) in [5.41, 5.74) is -0.339. The average Bonchev–Trinajstić information content (AvgIpc) is 1.96. The second-order valence-electron chi connectivity index (χ2n) is 3.98. The number of nitrogens with zero attached hydrogens (tertiary/aromatic N) is 2. The van der Waals surface area contributed by atoms with E-state index in [2.05, 4.69) is 5.29 Å². The summed E-state index contributed by atoms with van der Waals surface area (Å²) in [6.45, 7) is 6.89. The summed E-state index contributed by atoms with van der Waals surface area (Å²) in [7, 11) is 1.48. The number of hydrogen-bond donors (Lipinski definition) is 0. The first-order valence-corrected chi connectivity index (χ1v) is 4.02. The van der Waals surface area contributed by atoms with Gasteiger partial charge in [0.1, 0.15) is 0 Å². The molecule has 0 aromatic heterocycles. The molecule has 0 heterocycles. The molecule has 0 fully saturated rings. The van der Waals surface area contributed by atoms with Crippen LogP contribution in [0.4, 0.5) is 0 Å². The predicted octanol–water partition coefficient (Wildman–Crippen LogP) is 1.53. The lowest BCUT2D eigenvalue weighted by molar-refractivity contribution is -0.167. The molecule has 0 aromatic carbocycles. The highest BCUT2D eigenvalue weighted by Gasteiger charge is 2.31. The molecule has 0 aliphatic carbocycles.